The molecule has 0 atom stereocenters. The Morgan fingerprint density at radius 1 is 0.793 bits per heavy atom. The van der Waals surface area contributed by atoms with Gasteiger partial charge in [0.25, 0.3) is 5.56 Å². The predicted molar refractivity (Wildman–Crippen MR) is 107 cm³/mol. The molecule has 1 heterocycles. The monoisotopic (exact) mass is 394 g/mol. The molecule has 0 saturated carbocycles. The molecular formula is C22H22N2O5. The number of carbonyl (C=O) groups is 1. The number of hydrogen-bond acceptors (Lipinski definition) is 6. The summed E-state index contributed by atoms with van der Waals surface area (Å²) in [4.78, 5) is 24.1. The van der Waals surface area contributed by atoms with Gasteiger partial charge in [0.1, 0.15) is 18.1 Å². The number of hydrogen-bond donors (Lipinski definition) is 0. The molecule has 7 heteroatoms. The molecule has 29 heavy (non-hydrogen) atoms. The summed E-state index contributed by atoms with van der Waals surface area (Å²) in [6.45, 7) is 1.11. The van der Waals surface area contributed by atoms with Crippen molar-refractivity contribution in [2.75, 3.05) is 19.8 Å². The van der Waals surface area contributed by atoms with Crippen LogP contribution in [0.4, 0.5) is 0 Å². The first kappa shape index (κ1) is 20.1. The quantitative estimate of drug-likeness (QED) is 0.389. The zero-order valence-electron chi connectivity index (χ0n) is 15.9. The van der Waals surface area contributed by atoms with Gasteiger partial charge in [-0.15, -0.1) is 0 Å². The number of rotatable bonds is 10. The van der Waals surface area contributed by atoms with Crippen molar-refractivity contribution in [3.05, 3.63) is 88.8 Å². The van der Waals surface area contributed by atoms with Gasteiger partial charge in [-0.2, -0.15) is 5.10 Å². The minimum absolute atomic E-state index is 0.0771. The number of benzene rings is 2. The normalized spacial score (nSPS) is 10.3. The lowest BCUT2D eigenvalue weighted by Crippen LogP contribution is -2.27. The van der Waals surface area contributed by atoms with Gasteiger partial charge in [0.15, 0.2) is 5.69 Å². The summed E-state index contributed by atoms with van der Waals surface area (Å²) in [5.74, 6) is 0.890. The maximum atomic E-state index is 12.2. The minimum Gasteiger partial charge on any atom is -0.493 e. The maximum absolute atomic E-state index is 12.2. The van der Waals surface area contributed by atoms with Crippen LogP contribution in [-0.2, 0) is 11.3 Å². The highest BCUT2D eigenvalue weighted by Crippen LogP contribution is 2.09. The van der Waals surface area contributed by atoms with Crippen molar-refractivity contribution in [2.45, 2.75) is 13.0 Å². The van der Waals surface area contributed by atoms with Crippen molar-refractivity contribution in [3.63, 3.8) is 0 Å². The van der Waals surface area contributed by atoms with Crippen molar-refractivity contribution >= 4 is 5.97 Å². The van der Waals surface area contributed by atoms with Gasteiger partial charge in [-0.25, -0.2) is 9.48 Å². The summed E-state index contributed by atoms with van der Waals surface area (Å²) in [7, 11) is 0. The molecule has 0 N–H and O–H groups in total. The molecule has 0 fully saturated rings. The van der Waals surface area contributed by atoms with E-state index in [1.165, 1.54) is 16.8 Å². The summed E-state index contributed by atoms with van der Waals surface area (Å²) in [6.07, 6.45) is 0.547. The second-order valence-corrected chi connectivity index (χ2v) is 6.09. The van der Waals surface area contributed by atoms with E-state index < -0.39 is 5.97 Å². The topological polar surface area (TPSA) is 79.7 Å². The SMILES string of the molecule is O=C(OCCCOc1ccccc1)c1ccc(=O)n(CCOc2ccccc2)n1. The second-order valence-electron chi connectivity index (χ2n) is 6.09. The Hall–Kier alpha value is -3.61. The van der Waals surface area contributed by atoms with Gasteiger partial charge >= 0.3 is 5.97 Å². The number of ether oxygens (including phenoxy) is 3. The lowest BCUT2D eigenvalue weighted by Gasteiger charge is -2.09. The van der Waals surface area contributed by atoms with Crippen LogP contribution in [0.5, 0.6) is 11.5 Å². The van der Waals surface area contributed by atoms with Crippen LogP contribution in [0, 0.1) is 0 Å². The number of aromatic nitrogens is 2. The molecule has 0 saturated heterocycles. The van der Waals surface area contributed by atoms with E-state index in [1.807, 2.05) is 60.7 Å². The van der Waals surface area contributed by atoms with Gasteiger partial charge in [0.2, 0.25) is 0 Å². The van der Waals surface area contributed by atoms with Crippen LogP contribution in [0.15, 0.2) is 77.6 Å². The third-order valence-electron chi connectivity index (χ3n) is 3.92. The highest BCUT2D eigenvalue weighted by atomic mass is 16.5. The van der Waals surface area contributed by atoms with Gasteiger partial charge in [-0.3, -0.25) is 4.79 Å². The summed E-state index contributed by atoms with van der Waals surface area (Å²) in [5, 5.41) is 4.07. The van der Waals surface area contributed by atoms with E-state index in [9.17, 15) is 9.59 Å². The van der Waals surface area contributed by atoms with E-state index in [2.05, 4.69) is 5.10 Å². The molecular weight excluding hydrogens is 372 g/mol. The Bertz CT molecular complexity index is 958. The highest BCUT2D eigenvalue weighted by Gasteiger charge is 2.11. The molecule has 0 aliphatic carbocycles. The molecule has 0 aliphatic heterocycles. The molecule has 3 aromatic rings. The van der Waals surface area contributed by atoms with Crippen LogP contribution < -0.4 is 15.0 Å². The first-order chi connectivity index (χ1) is 14.2. The summed E-state index contributed by atoms with van der Waals surface area (Å²) in [6, 6.07) is 21.3. The van der Waals surface area contributed by atoms with E-state index in [1.54, 1.807) is 0 Å². The maximum Gasteiger partial charge on any atom is 0.358 e. The largest absolute Gasteiger partial charge is 0.493 e. The van der Waals surface area contributed by atoms with E-state index >= 15 is 0 Å². The van der Waals surface area contributed by atoms with Crippen LogP contribution >= 0.6 is 0 Å². The lowest BCUT2D eigenvalue weighted by atomic mass is 10.3. The van der Waals surface area contributed by atoms with Crippen LogP contribution in [-0.4, -0.2) is 35.6 Å². The molecule has 7 nitrogen and oxygen atoms in total. The fourth-order valence-corrected chi connectivity index (χ4v) is 2.49. The van der Waals surface area contributed by atoms with Gasteiger partial charge in [-0.05, 0) is 30.3 Å². The molecule has 0 unspecified atom stereocenters. The van der Waals surface area contributed by atoms with Gasteiger partial charge in [-0.1, -0.05) is 36.4 Å². The third-order valence-corrected chi connectivity index (χ3v) is 3.92. The highest BCUT2D eigenvalue weighted by molar-refractivity contribution is 5.86. The minimum atomic E-state index is -0.581. The Labute approximate surface area is 168 Å². The number of nitrogens with zero attached hydrogens (tertiary/aromatic N) is 2. The van der Waals surface area contributed by atoms with Crippen molar-refractivity contribution in [2.24, 2.45) is 0 Å². The Morgan fingerprint density at radius 3 is 2.07 bits per heavy atom. The molecule has 2 aromatic carbocycles. The summed E-state index contributed by atoms with van der Waals surface area (Å²) >= 11 is 0. The van der Waals surface area contributed by atoms with E-state index in [-0.39, 0.29) is 31.0 Å². The van der Waals surface area contributed by atoms with E-state index in [0.29, 0.717) is 18.8 Å². The van der Waals surface area contributed by atoms with Crippen LogP contribution in [0.25, 0.3) is 0 Å². The molecule has 0 radical (unpaired) electrons. The van der Waals surface area contributed by atoms with Crippen LogP contribution in [0.1, 0.15) is 16.9 Å². The predicted octanol–water partition coefficient (Wildman–Crippen LogP) is 2.95. The number of esters is 1. The smallest absolute Gasteiger partial charge is 0.358 e. The molecule has 0 bridgehead atoms. The Morgan fingerprint density at radius 2 is 1.41 bits per heavy atom. The molecule has 0 amide bonds. The van der Waals surface area contributed by atoms with Crippen molar-refractivity contribution in [1.29, 1.82) is 0 Å². The Kier molecular flexibility index (Phi) is 7.40. The average Bonchev–Trinajstić information content (AvgIpc) is 2.76. The van der Waals surface area contributed by atoms with Gasteiger partial charge in [0, 0.05) is 12.5 Å². The second kappa shape index (κ2) is 10.7. The first-order valence-electron chi connectivity index (χ1n) is 9.33. The van der Waals surface area contributed by atoms with Crippen molar-refractivity contribution < 1.29 is 19.0 Å². The zero-order chi connectivity index (χ0) is 20.3. The average molecular weight is 394 g/mol. The fourth-order valence-electron chi connectivity index (χ4n) is 2.49. The molecule has 3 rings (SSSR count). The molecule has 0 spiro atoms. The van der Waals surface area contributed by atoms with Crippen LogP contribution in [0.3, 0.4) is 0 Å². The van der Waals surface area contributed by atoms with Gasteiger partial charge in [0.05, 0.1) is 19.8 Å². The number of para-hydroxylation sites is 2. The third kappa shape index (κ3) is 6.49. The standard InChI is InChI=1S/C22H22N2O5/c25-21-13-12-20(23-24(21)14-17-28-19-10-5-2-6-11-19)22(26)29-16-7-15-27-18-8-3-1-4-9-18/h1-6,8-13H,7,14-17H2. The first-order valence-corrected chi connectivity index (χ1v) is 9.33. The van der Waals surface area contributed by atoms with Crippen molar-refractivity contribution in [3.8, 4) is 11.5 Å². The molecule has 1 aromatic heterocycles. The van der Waals surface area contributed by atoms with Crippen LogP contribution in [0.2, 0.25) is 0 Å². The van der Waals surface area contributed by atoms with E-state index in [0.717, 1.165) is 5.75 Å². The zero-order valence-corrected chi connectivity index (χ0v) is 15.9. The van der Waals surface area contributed by atoms with Gasteiger partial charge < -0.3 is 14.2 Å². The van der Waals surface area contributed by atoms with E-state index in [4.69, 9.17) is 14.2 Å². The summed E-state index contributed by atoms with van der Waals surface area (Å²) in [5.41, 5.74) is -0.234. The van der Waals surface area contributed by atoms with Crippen molar-refractivity contribution in [1.82, 2.24) is 9.78 Å². The lowest BCUT2D eigenvalue weighted by molar-refractivity contribution is 0.0475. The Balaban J connectivity index is 1.44. The molecule has 150 valence electrons. The summed E-state index contributed by atoms with van der Waals surface area (Å²) < 4.78 is 17.5. The molecule has 0 aliphatic rings. The fraction of sp³-hybridized carbons (Fsp3) is 0.227. The number of carbonyl (C=O) groups excluding carboxylic acids is 1.